The van der Waals surface area contributed by atoms with Crippen LogP contribution in [0.2, 0.25) is 0 Å². The normalized spacial score (nSPS) is 11.7. The summed E-state index contributed by atoms with van der Waals surface area (Å²) in [6.45, 7) is 3.60. The van der Waals surface area contributed by atoms with Crippen molar-refractivity contribution in [2.75, 3.05) is 5.73 Å². The first kappa shape index (κ1) is 13.0. The number of nitrogens with two attached hydrogens (primary N) is 1. The Morgan fingerprint density at radius 1 is 1.33 bits per heavy atom. The second kappa shape index (κ2) is 4.70. The molecule has 0 aliphatic carbocycles. The smallest absolute Gasteiger partial charge is 0.184 e. The molecule has 0 saturated carbocycles. The number of hydrogen-bond donors (Lipinski definition) is 1. The lowest BCUT2D eigenvalue weighted by atomic mass is 10.2. The van der Waals surface area contributed by atoms with Gasteiger partial charge in [-0.05, 0) is 37.6 Å². The minimum absolute atomic E-state index is 0.0674. The van der Waals surface area contributed by atoms with E-state index < -0.39 is 9.84 Å². The summed E-state index contributed by atoms with van der Waals surface area (Å²) in [7, 11) is -3.36. The van der Waals surface area contributed by atoms with Gasteiger partial charge in [-0.3, -0.25) is 0 Å². The first-order valence-corrected chi connectivity index (χ1v) is 7.91. The summed E-state index contributed by atoms with van der Waals surface area (Å²) < 4.78 is 24.5. The van der Waals surface area contributed by atoms with Crippen molar-refractivity contribution in [2.24, 2.45) is 0 Å². The third kappa shape index (κ3) is 2.70. The van der Waals surface area contributed by atoms with Gasteiger partial charge in [0.05, 0.1) is 21.3 Å². The fourth-order valence-electron chi connectivity index (χ4n) is 1.77. The molecule has 1 heterocycles. The Morgan fingerprint density at radius 2 is 2.06 bits per heavy atom. The molecule has 2 rings (SSSR count). The van der Waals surface area contributed by atoms with Crippen LogP contribution >= 0.6 is 11.3 Å². The number of anilines is 1. The Bertz CT molecular complexity index is 675. The van der Waals surface area contributed by atoms with Crippen molar-refractivity contribution in [1.82, 2.24) is 4.98 Å². The highest BCUT2D eigenvalue weighted by atomic mass is 32.2. The van der Waals surface area contributed by atoms with Crippen molar-refractivity contribution in [3.05, 3.63) is 39.8 Å². The van der Waals surface area contributed by atoms with Crippen molar-refractivity contribution < 1.29 is 8.42 Å². The van der Waals surface area contributed by atoms with Crippen LogP contribution < -0.4 is 5.73 Å². The van der Waals surface area contributed by atoms with Gasteiger partial charge < -0.3 is 5.73 Å². The average molecular weight is 282 g/mol. The molecule has 0 spiro atoms. The summed E-state index contributed by atoms with van der Waals surface area (Å²) >= 11 is 1.45. The highest BCUT2D eigenvalue weighted by Crippen LogP contribution is 2.22. The molecule has 96 valence electrons. The van der Waals surface area contributed by atoms with E-state index in [4.69, 9.17) is 5.73 Å². The van der Waals surface area contributed by atoms with Gasteiger partial charge in [0.25, 0.3) is 0 Å². The fourth-order valence-corrected chi connectivity index (χ4v) is 4.00. The molecule has 0 amide bonds. The van der Waals surface area contributed by atoms with Gasteiger partial charge in [-0.25, -0.2) is 13.4 Å². The van der Waals surface area contributed by atoms with Gasteiger partial charge in [0, 0.05) is 11.1 Å². The Hall–Kier alpha value is -1.40. The third-order valence-corrected chi connectivity index (χ3v) is 5.16. The second-order valence-electron chi connectivity index (χ2n) is 4.14. The number of hydrogen-bond acceptors (Lipinski definition) is 5. The summed E-state index contributed by atoms with van der Waals surface area (Å²) in [4.78, 5) is 4.50. The predicted octanol–water partition coefficient (Wildman–Crippen LogP) is 2.32. The van der Waals surface area contributed by atoms with Crippen LogP contribution in [0.1, 0.15) is 16.3 Å². The van der Waals surface area contributed by atoms with E-state index in [2.05, 4.69) is 4.98 Å². The van der Waals surface area contributed by atoms with Crippen LogP contribution in [0.4, 0.5) is 5.69 Å². The number of sulfone groups is 1. The standard InChI is InChI=1S/C12H14N2O2S2/c1-8-5-10(13)3-4-12(8)18(15,16)7-11-6-17-9(2)14-11/h3-6H,7,13H2,1-2H3. The predicted molar refractivity (Wildman–Crippen MR) is 73.3 cm³/mol. The molecular weight excluding hydrogens is 268 g/mol. The Balaban J connectivity index is 2.36. The first-order valence-electron chi connectivity index (χ1n) is 5.38. The van der Waals surface area contributed by atoms with E-state index in [0.29, 0.717) is 21.8 Å². The minimum Gasteiger partial charge on any atom is -0.399 e. The van der Waals surface area contributed by atoms with E-state index in [0.717, 1.165) is 5.01 Å². The molecule has 1 aromatic carbocycles. The lowest BCUT2D eigenvalue weighted by Crippen LogP contribution is -2.07. The van der Waals surface area contributed by atoms with E-state index in [1.807, 2.05) is 6.92 Å². The highest BCUT2D eigenvalue weighted by molar-refractivity contribution is 7.90. The van der Waals surface area contributed by atoms with E-state index in [1.165, 1.54) is 11.3 Å². The lowest BCUT2D eigenvalue weighted by Gasteiger charge is -2.07. The molecule has 0 unspecified atom stereocenters. The van der Waals surface area contributed by atoms with E-state index >= 15 is 0 Å². The molecule has 0 fully saturated rings. The van der Waals surface area contributed by atoms with Gasteiger partial charge in [-0.1, -0.05) is 0 Å². The number of thiazole rings is 1. The van der Waals surface area contributed by atoms with Crippen molar-refractivity contribution in [3.8, 4) is 0 Å². The van der Waals surface area contributed by atoms with Crippen LogP contribution in [0.3, 0.4) is 0 Å². The molecule has 0 radical (unpaired) electrons. The van der Waals surface area contributed by atoms with Gasteiger partial charge >= 0.3 is 0 Å². The molecular formula is C12H14N2O2S2. The summed E-state index contributed by atoms with van der Waals surface area (Å²) in [5.74, 6) is -0.0674. The van der Waals surface area contributed by atoms with Gasteiger partial charge in [0.2, 0.25) is 0 Å². The SMILES string of the molecule is Cc1nc(CS(=O)(=O)c2ccc(N)cc2C)cs1. The summed E-state index contributed by atoms with van der Waals surface area (Å²) in [5.41, 5.74) is 7.45. The zero-order valence-corrected chi connectivity index (χ0v) is 11.8. The second-order valence-corrected chi connectivity index (χ2v) is 7.16. The zero-order chi connectivity index (χ0) is 13.3. The van der Waals surface area contributed by atoms with Crippen molar-refractivity contribution in [1.29, 1.82) is 0 Å². The van der Waals surface area contributed by atoms with Crippen LogP contribution in [0.25, 0.3) is 0 Å². The molecule has 0 saturated heterocycles. The van der Waals surface area contributed by atoms with E-state index in [-0.39, 0.29) is 5.75 Å². The number of benzene rings is 1. The molecule has 0 atom stereocenters. The number of nitrogen functional groups attached to an aromatic ring is 1. The minimum atomic E-state index is -3.36. The van der Waals surface area contributed by atoms with Gasteiger partial charge in [-0.2, -0.15) is 0 Å². The number of aryl methyl sites for hydroxylation is 2. The molecule has 4 nitrogen and oxygen atoms in total. The fraction of sp³-hybridized carbons (Fsp3) is 0.250. The molecule has 18 heavy (non-hydrogen) atoms. The number of nitrogens with zero attached hydrogens (tertiary/aromatic N) is 1. The molecule has 1 aromatic heterocycles. The van der Waals surface area contributed by atoms with Gasteiger partial charge in [-0.15, -0.1) is 11.3 Å². The number of rotatable bonds is 3. The van der Waals surface area contributed by atoms with Crippen LogP contribution in [0.15, 0.2) is 28.5 Å². The summed E-state index contributed by atoms with van der Waals surface area (Å²) in [6.07, 6.45) is 0. The zero-order valence-electron chi connectivity index (χ0n) is 10.2. The maximum absolute atomic E-state index is 12.3. The van der Waals surface area contributed by atoms with Gasteiger partial charge in [0.15, 0.2) is 9.84 Å². The maximum atomic E-state index is 12.3. The summed E-state index contributed by atoms with van der Waals surface area (Å²) in [6, 6.07) is 4.82. The lowest BCUT2D eigenvalue weighted by molar-refractivity contribution is 0.594. The summed E-state index contributed by atoms with van der Waals surface area (Å²) in [5, 5.41) is 2.65. The van der Waals surface area contributed by atoms with E-state index in [1.54, 1.807) is 30.5 Å². The topological polar surface area (TPSA) is 73.0 Å². The van der Waals surface area contributed by atoms with Crippen molar-refractivity contribution in [2.45, 2.75) is 24.5 Å². The van der Waals surface area contributed by atoms with E-state index in [9.17, 15) is 8.42 Å². The molecule has 0 bridgehead atoms. The van der Waals surface area contributed by atoms with Crippen LogP contribution in [0.5, 0.6) is 0 Å². The van der Waals surface area contributed by atoms with Crippen molar-refractivity contribution in [3.63, 3.8) is 0 Å². The molecule has 2 aromatic rings. The molecule has 0 aliphatic rings. The monoisotopic (exact) mass is 282 g/mol. The average Bonchev–Trinajstić information content (AvgIpc) is 2.62. The largest absolute Gasteiger partial charge is 0.399 e. The van der Waals surface area contributed by atoms with Crippen molar-refractivity contribution >= 4 is 26.9 Å². The van der Waals surface area contributed by atoms with Crippen LogP contribution in [-0.4, -0.2) is 13.4 Å². The number of aromatic nitrogens is 1. The van der Waals surface area contributed by atoms with Gasteiger partial charge in [0.1, 0.15) is 0 Å². The molecule has 6 heteroatoms. The van der Waals surface area contributed by atoms with Crippen LogP contribution in [0, 0.1) is 13.8 Å². The Labute approximate surface area is 110 Å². The highest BCUT2D eigenvalue weighted by Gasteiger charge is 2.19. The third-order valence-electron chi connectivity index (χ3n) is 2.54. The first-order chi connectivity index (χ1) is 8.38. The van der Waals surface area contributed by atoms with Crippen LogP contribution in [-0.2, 0) is 15.6 Å². The Morgan fingerprint density at radius 3 is 2.61 bits per heavy atom. The quantitative estimate of drug-likeness (QED) is 0.877. The maximum Gasteiger partial charge on any atom is 0.184 e. The molecule has 2 N–H and O–H groups in total. The Kier molecular flexibility index (Phi) is 3.41. The molecule has 0 aliphatic heterocycles.